The standard InChI is InChI=1S/C23H18F6O2/c1-2-3-14-4-7-16(8-5-14)17-9-11-20(22(26)21(17)25)30-13-15-6-10-19(18(24)12-15)31-23(27,28)29/h4-12H,2-3,13H2,1H3. The molecule has 0 fully saturated rings. The minimum absolute atomic E-state index is 0.0626. The minimum Gasteiger partial charge on any atom is -0.486 e. The lowest BCUT2D eigenvalue weighted by Gasteiger charge is -2.12. The number of halogens is 6. The molecule has 0 aliphatic heterocycles. The van der Waals surface area contributed by atoms with Crippen molar-refractivity contribution in [3.05, 3.63) is 83.2 Å². The van der Waals surface area contributed by atoms with Gasteiger partial charge in [0.15, 0.2) is 23.1 Å². The zero-order chi connectivity index (χ0) is 22.6. The molecule has 8 heteroatoms. The fourth-order valence-electron chi connectivity index (χ4n) is 3.01. The summed E-state index contributed by atoms with van der Waals surface area (Å²) in [5, 5.41) is 0. The van der Waals surface area contributed by atoms with Crippen LogP contribution in [0.15, 0.2) is 54.6 Å². The van der Waals surface area contributed by atoms with Gasteiger partial charge in [0, 0.05) is 5.56 Å². The van der Waals surface area contributed by atoms with Gasteiger partial charge in [0.25, 0.3) is 0 Å². The molecule has 0 amide bonds. The summed E-state index contributed by atoms with van der Waals surface area (Å²) in [5.74, 6) is -4.97. The summed E-state index contributed by atoms with van der Waals surface area (Å²) in [6, 6.07) is 12.4. The molecular formula is C23H18F6O2. The van der Waals surface area contributed by atoms with E-state index in [0.717, 1.165) is 36.6 Å². The van der Waals surface area contributed by atoms with Gasteiger partial charge in [-0.25, -0.2) is 8.78 Å². The molecule has 3 aromatic rings. The molecule has 0 unspecified atom stereocenters. The number of ether oxygens (including phenoxy) is 2. The normalized spacial score (nSPS) is 11.5. The van der Waals surface area contributed by atoms with Crippen LogP contribution in [-0.4, -0.2) is 6.36 Å². The Labute approximate surface area is 175 Å². The Hall–Kier alpha value is -3.16. The number of alkyl halides is 3. The predicted octanol–water partition coefficient (Wildman–Crippen LogP) is 7.20. The van der Waals surface area contributed by atoms with Crippen LogP contribution in [0.5, 0.6) is 11.5 Å². The number of rotatable bonds is 7. The Balaban J connectivity index is 1.73. The van der Waals surface area contributed by atoms with Crippen LogP contribution in [0, 0.1) is 17.5 Å². The van der Waals surface area contributed by atoms with E-state index in [1.165, 1.54) is 12.1 Å². The van der Waals surface area contributed by atoms with Crippen LogP contribution in [0.2, 0.25) is 0 Å². The average molecular weight is 440 g/mol. The van der Waals surface area contributed by atoms with Gasteiger partial charge in [-0.3, -0.25) is 0 Å². The molecule has 0 atom stereocenters. The van der Waals surface area contributed by atoms with Crippen molar-refractivity contribution < 1.29 is 35.8 Å². The van der Waals surface area contributed by atoms with Gasteiger partial charge < -0.3 is 9.47 Å². The largest absolute Gasteiger partial charge is 0.573 e. The monoisotopic (exact) mass is 440 g/mol. The van der Waals surface area contributed by atoms with Crippen molar-refractivity contribution in [3.8, 4) is 22.6 Å². The first-order chi connectivity index (χ1) is 14.7. The number of benzene rings is 3. The molecule has 0 radical (unpaired) electrons. The molecule has 0 heterocycles. The van der Waals surface area contributed by atoms with Gasteiger partial charge in [-0.2, -0.15) is 4.39 Å². The molecule has 0 aliphatic rings. The van der Waals surface area contributed by atoms with Crippen LogP contribution in [0.1, 0.15) is 24.5 Å². The fourth-order valence-corrected chi connectivity index (χ4v) is 3.01. The highest BCUT2D eigenvalue weighted by Crippen LogP contribution is 2.31. The van der Waals surface area contributed by atoms with Gasteiger partial charge in [0.1, 0.15) is 6.61 Å². The van der Waals surface area contributed by atoms with Crippen LogP contribution in [-0.2, 0) is 13.0 Å². The van der Waals surface area contributed by atoms with E-state index >= 15 is 0 Å². The average Bonchev–Trinajstić information content (AvgIpc) is 2.71. The maximum atomic E-state index is 14.6. The maximum absolute atomic E-state index is 14.6. The van der Waals surface area contributed by atoms with E-state index in [-0.39, 0.29) is 17.7 Å². The van der Waals surface area contributed by atoms with E-state index in [1.54, 1.807) is 12.1 Å². The third-order valence-corrected chi connectivity index (χ3v) is 4.47. The zero-order valence-electron chi connectivity index (χ0n) is 16.4. The first-order valence-electron chi connectivity index (χ1n) is 9.42. The van der Waals surface area contributed by atoms with Crippen LogP contribution in [0.25, 0.3) is 11.1 Å². The summed E-state index contributed by atoms with van der Waals surface area (Å²) in [6.45, 7) is 1.66. The van der Waals surface area contributed by atoms with Crippen molar-refractivity contribution in [2.24, 2.45) is 0 Å². The number of aryl methyl sites for hydroxylation is 1. The van der Waals surface area contributed by atoms with E-state index in [9.17, 15) is 26.3 Å². The van der Waals surface area contributed by atoms with E-state index in [2.05, 4.69) is 4.74 Å². The summed E-state index contributed by atoms with van der Waals surface area (Å²) >= 11 is 0. The Morgan fingerprint density at radius 1 is 0.774 bits per heavy atom. The van der Waals surface area contributed by atoms with Gasteiger partial charge in [0.05, 0.1) is 0 Å². The lowest BCUT2D eigenvalue weighted by atomic mass is 10.0. The third-order valence-electron chi connectivity index (χ3n) is 4.47. The molecule has 0 saturated heterocycles. The zero-order valence-corrected chi connectivity index (χ0v) is 16.4. The second-order valence-electron chi connectivity index (χ2n) is 6.79. The second-order valence-corrected chi connectivity index (χ2v) is 6.79. The van der Waals surface area contributed by atoms with Crippen molar-refractivity contribution in [1.29, 1.82) is 0 Å². The molecule has 3 aromatic carbocycles. The second kappa shape index (κ2) is 9.32. The predicted molar refractivity (Wildman–Crippen MR) is 103 cm³/mol. The van der Waals surface area contributed by atoms with Crippen molar-refractivity contribution in [3.63, 3.8) is 0 Å². The Morgan fingerprint density at radius 2 is 1.42 bits per heavy atom. The summed E-state index contributed by atoms with van der Waals surface area (Å²) in [4.78, 5) is 0. The summed E-state index contributed by atoms with van der Waals surface area (Å²) in [5.41, 5.74) is 1.77. The van der Waals surface area contributed by atoms with E-state index in [4.69, 9.17) is 4.74 Å². The van der Waals surface area contributed by atoms with Gasteiger partial charge in [-0.1, -0.05) is 43.7 Å². The molecule has 0 aromatic heterocycles. The van der Waals surface area contributed by atoms with E-state index in [0.29, 0.717) is 5.56 Å². The van der Waals surface area contributed by atoms with Crippen LogP contribution < -0.4 is 9.47 Å². The Morgan fingerprint density at radius 3 is 2.03 bits per heavy atom. The van der Waals surface area contributed by atoms with Crippen LogP contribution in [0.4, 0.5) is 26.3 Å². The smallest absolute Gasteiger partial charge is 0.486 e. The minimum atomic E-state index is -5.03. The molecule has 2 nitrogen and oxygen atoms in total. The lowest BCUT2D eigenvalue weighted by molar-refractivity contribution is -0.275. The van der Waals surface area contributed by atoms with Gasteiger partial charge in [0.2, 0.25) is 5.82 Å². The first kappa shape index (κ1) is 22.5. The first-order valence-corrected chi connectivity index (χ1v) is 9.42. The van der Waals surface area contributed by atoms with Crippen molar-refractivity contribution in [2.75, 3.05) is 0 Å². The molecule has 0 spiro atoms. The molecule has 0 saturated carbocycles. The van der Waals surface area contributed by atoms with Crippen molar-refractivity contribution in [1.82, 2.24) is 0 Å². The highest BCUT2D eigenvalue weighted by Gasteiger charge is 2.32. The molecule has 0 bridgehead atoms. The van der Waals surface area contributed by atoms with E-state index in [1.807, 2.05) is 19.1 Å². The molecule has 31 heavy (non-hydrogen) atoms. The van der Waals surface area contributed by atoms with Gasteiger partial charge in [-0.05, 0) is 47.4 Å². The quantitative estimate of drug-likeness (QED) is 0.362. The summed E-state index contributed by atoms with van der Waals surface area (Å²) in [6.07, 6.45) is -3.18. The summed E-state index contributed by atoms with van der Waals surface area (Å²) in [7, 11) is 0. The summed E-state index contributed by atoms with van der Waals surface area (Å²) < 4.78 is 88.1. The Bertz CT molecular complexity index is 1050. The molecule has 164 valence electrons. The molecule has 3 rings (SSSR count). The van der Waals surface area contributed by atoms with Crippen molar-refractivity contribution >= 4 is 0 Å². The fraction of sp³-hybridized carbons (Fsp3) is 0.217. The molecule has 0 N–H and O–H groups in total. The van der Waals surface area contributed by atoms with Crippen LogP contribution in [0.3, 0.4) is 0 Å². The SMILES string of the molecule is CCCc1ccc(-c2ccc(OCc3ccc(OC(F)(F)F)c(F)c3)c(F)c2F)cc1. The highest BCUT2D eigenvalue weighted by molar-refractivity contribution is 5.65. The van der Waals surface area contributed by atoms with E-state index < -0.39 is 35.3 Å². The van der Waals surface area contributed by atoms with Crippen molar-refractivity contribution in [2.45, 2.75) is 32.7 Å². The Kier molecular flexibility index (Phi) is 6.77. The lowest BCUT2D eigenvalue weighted by Crippen LogP contribution is -2.18. The van der Waals surface area contributed by atoms with Crippen LogP contribution >= 0.6 is 0 Å². The maximum Gasteiger partial charge on any atom is 0.573 e. The number of hydrogen-bond donors (Lipinski definition) is 0. The topological polar surface area (TPSA) is 18.5 Å². The van der Waals surface area contributed by atoms with Gasteiger partial charge >= 0.3 is 6.36 Å². The highest BCUT2D eigenvalue weighted by atomic mass is 19.4. The van der Waals surface area contributed by atoms with Gasteiger partial charge in [-0.15, -0.1) is 13.2 Å². The molecule has 0 aliphatic carbocycles. The molecular weight excluding hydrogens is 422 g/mol. The third kappa shape index (κ3) is 5.71. The number of hydrogen-bond acceptors (Lipinski definition) is 2.